The number of hydrogen-bond donors (Lipinski definition) is 2. The third kappa shape index (κ3) is 3.98. The third-order valence-corrected chi connectivity index (χ3v) is 7.35. The minimum absolute atomic E-state index is 0.139. The second-order valence-corrected chi connectivity index (χ2v) is 9.41. The second kappa shape index (κ2) is 7.95. The van der Waals surface area contributed by atoms with Crippen molar-refractivity contribution in [2.45, 2.75) is 57.4 Å². The number of likely N-dealkylation sites (tertiary alicyclic amines) is 1. The quantitative estimate of drug-likeness (QED) is 0.630. The molecule has 2 N–H and O–H groups in total. The number of esters is 1. The van der Waals surface area contributed by atoms with Crippen LogP contribution in [0.25, 0.3) is 0 Å². The number of carbonyl (C=O) groups excluding carboxylic acids is 4. The molecule has 8 heteroatoms. The minimum Gasteiger partial charge on any atom is -0.454 e. The van der Waals surface area contributed by atoms with Gasteiger partial charge in [-0.3, -0.25) is 14.4 Å². The van der Waals surface area contributed by atoms with E-state index >= 15 is 0 Å². The minimum atomic E-state index is -0.595. The Morgan fingerprint density at radius 1 is 1.00 bits per heavy atom. The average Bonchev–Trinajstić information content (AvgIpc) is 3.18. The molecule has 4 saturated carbocycles. The van der Waals surface area contributed by atoms with Crippen LogP contribution in [0, 0.1) is 23.2 Å². The van der Waals surface area contributed by atoms with E-state index in [1.807, 2.05) is 0 Å². The molecule has 1 heterocycles. The van der Waals surface area contributed by atoms with Crippen molar-refractivity contribution in [2.24, 2.45) is 23.2 Å². The molecule has 0 aromatic carbocycles. The first-order valence-corrected chi connectivity index (χ1v) is 10.8. The van der Waals surface area contributed by atoms with Crippen LogP contribution in [0.5, 0.6) is 0 Å². The molecule has 0 spiro atoms. The number of hydrogen-bond acceptors (Lipinski definition) is 5. The molecule has 160 valence electrons. The smallest absolute Gasteiger partial charge is 0.329 e. The number of nitrogens with zero attached hydrogens (tertiary/aromatic N) is 1. The van der Waals surface area contributed by atoms with Gasteiger partial charge in [0.1, 0.15) is 6.04 Å². The summed E-state index contributed by atoms with van der Waals surface area (Å²) in [6, 6.07) is -0.595. The van der Waals surface area contributed by atoms with Gasteiger partial charge in [-0.15, -0.1) is 0 Å². The molecular formula is C21H31N3O5. The monoisotopic (exact) mass is 405 g/mol. The highest BCUT2D eigenvalue weighted by Gasteiger charge is 2.57. The molecule has 4 aliphatic carbocycles. The van der Waals surface area contributed by atoms with Crippen LogP contribution < -0.4 is 10.6 Å². The van der Waals surface area contributed by atoms with Crippen molar-refractivity contribution in [2.75, 3.05) is 26.7 Å². The Bertz CT molecular complexity index is 671. The second-order valence-electron chi connectivity index (χ2n) is 9.41. The summed E-state index contributed by atoms with van der Waals surface area (Å²) in [7, 11) is 1.48. The topological polar surface area (TPSA) is 105 Å². The lowest BCUT2D eigenvalue weighted by molar-refractivity contribution is -0.166. The zero-order valence-electron chi connectivity index (χ0n) is 17.1. The summed E-state index contributed by atoms with van der Waals surface area (Å²) >= 11 is 0. The predicted molar refractivity (Wildman–Crippen MR) is 103 cm³/mol. The Balaban J connectivity index is 1.34. The molecule has 0 aromatic rings. The fourth-order valence-corrected chi connectivity index (χ4v) is 6.48. The summed E-state index contributed by atoms with van der Waals surface area (Å²) in [6.07, 6.45) is 8.07. The van der Waals surface area contributed by atoms with Gasteiger partial charge in [0.05, 0.1) is 12.0 Å². The van der Waals surface area contributed by atoms with Crippen LogP contribution in [-0.4, -0.2) is 61.4 Å². The van der Waals surface area contributed by atoms with Crippen LogP contribution in [0.1, 0.15) is 51.4 Å². The first-order valence-electron chi connectivity index (χ1n) is 10.8. The van der Waals surface area contributed by atoms with Crippen LogP contribution in [0.3, 0.4) is 0 Å². The predicted octanol–water partition coefficient (Wildman–Crippen LogP) is 0.599. The van der Waals surface area contributed by atoms with E-state index in [2.05, 4.69) is 10.6 Å². The van der Waals surface area contributed by atoms with E-state index in [-0.39, 0.29) is 23.8 Å². The van der Waals surface area contributed by atoms with Crippen LogP contribution >= 0.6 is 0 Å². The Morgan fingerprint density at radius 3 is 2.21 bits per heavy atom. The Labute approximate surface area is 171 Å². The van der Waals surface area contributed by atoms with Gasteiger partial charge in [0.25, 0.3) is 5.91 Å². The number of carbonyl (C=O) groups is 4. The van der Waals surface area contributed by atoms with Crippen LogP contribution in [0.4, 0.5) is 0 Å². The van der Waals surface area contributed by atoms with Gasteiger partial charge in [-0.05, 0) is 69.1 Å². The molecule has 5 rings (SSSR count). The summed E-state index contributed by atoms with van der Waals surface area (Å²) in [5.74, 6) is 0.772. The fraction of sp³-hybridized carbons (Fsp3) is 0.810. The fourth-order valence-electron chi connectivity index (χ4n) is 6.48. The molecule has 4 bridgehead atoms. The molecule has 0 aromatic heterocycles. The molecule has 5 aliphatic rings. The van der Waals surface area contributed by atoms with Gasteiger partial charge >= 0.3 is 5.97 Å². The Kier molecular flexibility index (Phi) is 5.53. The maximum absolute atomic E-state index is 13.6. The molecule has 1 atom stereocenters. The molecule has 1 saturated heterocycles. The van der Waals surface area contributed by atoms with Crippen molar-refractivity contribution in [3.05, 3.63) is 0 Å². The number of nitrogens with one attached hydrogen (secondary N) is 2. The molecular weight excluding hydrogens is 374 g/mol. The van der Waals surface area contributed by atoms with E-state index in [0.717, 1.165) is 25.7 Å². The molecule has 1 aliphatic heterocycles. The first-order chi connectivity index (χ1) is 13.9. The standard InChI is InChI=1S/C21H31N3O5/c1-22-17(25)11-23-18(26)12-29-19(27)16-3-2-4-24(16)20(28)21-8-13-5-14(9-21)7-15(6-13)10-21/h13-16H,2-12H2,1H3,(H,22,25)(H,23,26)/t13?,14?,15?,16-,21?/m0/s1. The van der Waals surface area contributed by atoms with Gasteiger partial charge < -0.3 is 20.3 Å². The lowest BCUT2D eigenvalue weighted by atomic mass is 9.49. The van der Waals surface area contributed by atoms with Gasteiger partial charge in [-0.1, -0.05) is 0 Å². The summed E-state index contributed by atoms with van der Waals surface area (Å²) in [4.78, 5) is 50.8. The van der Waals surface area contributed by atoms with Crippen molar-refractivity contribution in [3.8, 4) is 0 Å². The van der Waals surface area contributed by atoms with Crippen molar-refractivity contribution in [1.29, 1.82) is 0 Å². The highest BCUT2D eigenvalue weighted by Crippen LogP contribution is 2.60. The number of likely N-dealkylation sites (N-methyl/N-ethyl adjacent to an activating group) is 1. The number of ether oxygens (including phenoxy) is 1. The lowest BCUT2D eigenvalue weighted by Gasteiger charge is -2.56. The summed E-state index contributed by atoms with van der Waals surface area (Å²) in [5.41, 5.74) is -0.275. The van der Waals surface area contributed by atoms with Gasteiger partial charge in [0.2, 0.25) is 11.8 Å². The van der Waals surface area contributed by atoms with Crippen LogP contribution in [-0.2, 0) is 23.9 Å². The van der Waals surface area contributed by atoms with E-state index in [1.54, 1.807) is 4.90 Å². The van der Waals surface area contributed by atoms with Crippen molar-refractivity contribution in [3.63, 3.8) is 0 Å². The first kappa shape index (κ1) is 20.2. The van der Waals surface area contributed by atoms with E-state index in [1.165, 1.54) is 26.3 Å². The largest absolute Gasteiger partial charge is 0.454 e. The third-order valence-electron chi connectivity index (χ3n) is 7.35. The maximum Gasteiger partial charge on any atom is 0.329 e. The SMILES string of the molecule is CNC(=O)CNC(=O)COC(=O)[C@@H]1CCCN1C(=O)C12CC3CC(CC(C3)C1)C2. The van der Waals surface area contributed by atoms with E-state index < -0.39 is 24.5 Å². The normalized spacial score (nSPS) is 34.7. The van der Waals surface area contributed by atoms with Gasteiger partial charge in [0, 0.05) is 13.6 Å². The summed E-state index contributed by atoms with van der Waals surface area (Å²) in [5, 5.41) is 4.79. The van der Waals surface area contributed by atoms with E-state index in [4.69, 9.17) is 4.74 Å². The van der Waals surface area contributed by atoms with Crippen LogP contribution in [0.2, 0.25) is 0 Å². The molecule has 0 radical (unpaired) electrons. The average molecular weight is 405 g/mol. The molecule has 0 unspecified atom stereocenters. The zero-order valence-corrected chi connectivity index (χ0v) is 17.1. The molecule has 8 nitrogen and oxygen atoms in total. The van der Waals surface area contributed by atoms with E-state index in [9.17, 15) is 19.2 Å². The number of amides is 3. The maximum atomic E-state index is 13.6. The lowest BCUT2D eigenvalue weighted by Crippen LogP contribution is -2.56. The molecule has 29 heavy (non-hydrogen) atoms. The van der Waals surface area contributed by atoms with Gasteiger partial charge in [0.15, 0.2) is 6.61 Å². The Morgan fingerprint density at radius 2 is 1.62 bits per heavy atom. The highest BCUT2D eigenvalue weighted by molar-refractivity contribution is 5.90. The van der Waals surface area contributed by atoms with Gasteiger partial charge in [-0.25, -0.2) is 4.79 Å². The van der Waals surface area contributed by atoms with Crippen molar-refractivity contribution >= 4 is 23.7 Å². The van der Waals surface area contributed by atoms with Crippen molar-refractivity contribution < 1.29 is 23.9 Å². The number of rotatable bonds is 6. The van der Waals surface area contributed by atoms with Gasteiger partial charge in [-0.2, -0.15) is 0 Å². The van der Waals surface area contributed by atoms with Crippen LogP contribution in [0.15, 0.2) is 0 Å². The zero-order chi connectivity index (χ0) is 20.6. The molecule has 5 fully saturated rings. The summed E-state index contributed by atoms with van der Waals surface area (Å²) < 4.78 is 5.18. The Hall–Kier alpha value is -2.12. The van der Waals surface area contributed by atoms with Crippen molar-refractivity contribution in [1.82, 2.24) is 15.5 Å². The molecule has 3 amide bonds. The summed E-state index contributed by atoms with van der Waals surface area (Å²) in [6.45, 7) is -0.0120. The highest BCUT2D eigenvalue weighted by atomic mass is 16.5. The van der Waals surface area contributed by atoms with E-state index in [0.29, 0.717) is 30.7 Å².